The first-order valence-corrected chi connectivity index (χ1v) is 13.4. The van der Waals surface area contributed by atoms with Crippen LogP contribution in [0.1, 0.15) is 70.3 Å². The molecule has 0 spiro atoms. The Kier molecular flexibility index (Phi) is 21.8. The van der Waals surface area contributed by atoms with Crippen LogP contribution in [0.25, 0.3) is 0 Å². The Morgan fingerprint density at radius 1 is 0.600 bits per heavy atom. The van der Waals surface area contributed by atoms with Crippen molar-refractivity contribution in [3.63, 3.8) is 0 Å². The second kappa shape index (κ2) is 24.2. The maximum Gasteiger partial charge on any atom is 0.337 e. The first-order valence-electron chi connectivity index (χ1n) is 13.4. The predicted octanol–water partition coefficient (Wildman–Crippen LogP) is 5.51. The van der Waals surface area contributed by atoms with E-state index in [4.69, 9.17) is 28.4 Å². The molecule has 1 rings (SSSR count). The summed E-state index contributed by atoms with van der Waals surface area (Å²) in [5.41, 5.74) is 0.910. The molecule has 7 nitrogen and oxygen atoms in total. The average Bonchev–Trinajstić information content (AvgIpc) is 2.86. The van der Waals surface area contributed by atoms with Crippen LogP contribution in [0.3, 0.4) is 0 Å². The van der Waals surface area contributed by atoms with Crippen LogP contribution < -0.4 is 4.74 Å². The van der Waals surface area contributed by atoms with E-state index < -0.39 is 5.97 Å². The summed E-state index contributed by atoms with van der Waals surface area (Å²) in [6.45, 7) is 8.87. The third-order valence-electron chi connectivity index (χ3n) is 5.42. The van der Waals surface area contributed by atoms with Crippen LogP contribution in [0, 0.1) is 6.92 Å². The van der Waals surface area contributed by atoms with Gasteiger partial charge in [-0.05, 0) is 25.0 Å². The normalized spacial score (nSPS) is 11.1. The van der Waals surface area contributed by atoms with Gasteiger partial charge in [0.2, 0.25) is 0 Å². The van der Waals surface area contributed by atoms with E-state index in [1.165, 1.54) is 51.4 Å². The van der Waals surface area contributed by atoms with Crippen LogP contribution >= 0.6 is 0 Å². The lowest BCUT2D eigenvalue weighted by Crippen LogP contribution is -2.18. The zero-order valence-electron chi connectivity index (χ0n) is 22.1. The van der Waals surface area contributed by atoms with Crippen LogP contribution in [0.2, 0.25) is 0 Å². The topological polar surface area (TPSA) is 72.5 Å². The maximum atomic E-state index is 11.8. The number of ether oxygens (including phenoxy) is 6. The molecule has 0 fully saturated rings. The van der Waals surface area contributed by atoms with Gasteiger partial charge < -0.3 is 28.4 Å². The van der Waals surface area contributed by atoms with Gasteiger partial charge >= 0.3 is 5.97 Å². The Bertz CT molecular complexity index is 609. The summed E-state index contributed by atoms with van der Waals surface area (Å²) in [6, 6.07) is 7.37. The molecule has 0 amide bonds. The van der Waals surface area contributed by atoms with E-state index in [1.807, 2.05) is 25.1 Å². The summed E-state index contributed by atoms with van der Waals surface area (Å²) in [7, 11) is 0. The SMILES string of the molecule is CCCCCCCCCCCOCCOCCOCCOCCOCC(=O)Oc1ccccc1C. The molecule has 0 aliphatic rings. The van der Waals surface area contributed by atoms with E-state index in [0.717, 1.165) is 18.6 Å². The molecule has 0 unspecified atom stereocenters. The minimum Gasteiger partial charge on any atom is -0.425 e. The highest BCUT2D eigenvalue weighted by atomic mass is 16.6. The van der Waals surface area contributed by atoms with Gasteiger partial charge in [-0.3, -0.25) is 0 Å². The fraction of sp³-hybridized carbons (Fsp3) is 0.750. The first-order chi connectivity index (χ1) is 17.2. The van der Waals surface area contributed by atoms with E-state index in [0.29, 0.717) is 58.6 Å². The van der Waals surface area contributed by atoms with Crippen LogP contribution in [-0.4, -0.2) is 72.0 Å². The standard InChI is InChI=1S/C28H48O7/c1-3-4-5-6-7-8-9-10-13-16-30-17-18-31-19-20-32-21-22-33-23-24-34-25-28(29)35-27-15-12-11-14-26(27)2/h11-12,14-15H,3-10,13,16-25H2,1-2H3. The number of hydrogen-bond acceptors (Lipinski definition) is 7. The van der Waals surface area contributed by atoms with Crippen molar-refractivity contribution < 1.29 is 33.2 Å². The number of hydrogen-bond donors (Lipinski definition) is 0. The van der Waals surface area contributed by atoms with Crippen LogP contribution in [0.5, 0.6) is 5.75 Å². The summed E-state index contributed by atoms with van der Waals surface area (Å²) in [6.07, 6.45) is 11.9. The van der Waals surface area contributed by atoms with E-state index in [2.05, 4.69) is 6.92 Å². The fourth-order valence-corrected chi connectivity index (χ4v) is 3.37. The molecule has 0 N–H and O–H groups in total. The fourth-order valence-electron chi connectivity index (χ4n) is 3.37. The van der Waals surface area contributed by atoms with Gasteiger partial charge in [0, 0.05) is 6.61 Å². The smallest absolute Gasteiger partial charge is 0.337 e. The number of carbonyl (C=O) groups is 1. The molecule has 35 heavy (non-hydrogen) atoms. The monoisotopic (exact) mass is 496 g/mol. The van der Waals surface area contributed by atoms with E-state index >= 15 is 0 Å². The minimum atomic E-state index is -0.420. The molecule has 0 bridgehead atoms. The van der Waals surface area contributed by atoms with Crippen molar-refractivity contribution in [1.82, 2.24) is 0 Å². The highest BCUT2D eigenvalue weighted by Gasteiger charge is 2.06. The third-order valence-corrected chi connectivity index (χ3v) is 5.42. The van der Waals surface area contributed by atoms with Gasteiger partial charge in [0.1, 0.15) is 12.4 Å². The summed E-state index contributed by atoms with van der Waals surface area (Å²) < 4.78 is 32.5. The molecule has 0 saturated carbocycles. The van der Waals surface area contributed by atoms with Crippen LogP contribution in [0.4, 0.5) is 0 Å². The number of unbranched alkanes of at least 4 members (excludes halogenated alkanes) is 8. The molecule has 0 heterocycles. The van der Waals surface area contributed by atoms with Crippen molar-refractivity contribution in [3.05, 3.63) is 29.8 Å². The predicted molar refractivity (Wildman–Crippen MR) is 138 cm³/mol. The van der Waals surface area contributed by atoms with Gasteiger partial charge in [0.15, 0.2) is 0 Å². The van der Waals surface area contributed by atoms with Gasteiger partial charge in [-0.25, -0.2) is 4.79 Å². The van der Waals surface area contributed by atoms with E-state index in [-0.39, 0.29) is 6.61 Å². The minimum absolute atomic E-state index is 0.103. The number of para-hydroxylation sites is 1. The van der Waals surface area contributed by atoms with E-state index in [1.54, 1.807) is 6.07 Å². The Balaban J connectivity index is 1.72. The molecular formula is C28H48O7. The maximum absolute atomic E-state index is 11.8. The molecule has 202 valence electrons. The van der Waals surface area contributed by atoms with Gasteiger partial charge in [0.25, 0.3) is 0 Å². The molecule has 0 radical (unpaired) electrons. The number of benzene rings is 1. The number of carbonyl (C=O) groups excluding carboxylic acids is 1. The third kappa shape index (κ3) is 20.4. The molecule has 0 saturated heterocycles. The summed E-state index contributed by atoms with van der Waals surface area (Å²) in [5, 5.41) is 0. The lowest BCUT2D eigenvalue weighted by molar-refractivity contribution is -0.140. The number of aryl methyl sites for hydroxylation is 1. The molecule has 1 aromatic carbocycles. The van der Waals surface area contributed by atoms with Crippen LogP contribution in [0.15, 0.2) is 24.3 Å². The van der Waals surface area contributed by atoms with Crippen molar-refractivity contribution in [1.29, 1.82) is 0 Å². The Labute approximate surface area is 212 Å². The summed E-state index contributed by atoms with van der Waals surface area (Å²) >= 11 is 0. The molecule has 0 aromatic heterocycles. The van der Waals surface area contributed by atoms with Gasteiger partial charge in [-0.15, -0.1) is 0 Å². The second-order valence-corrected chi connectivity index (χ2v) is 8.57. The Hall–Kier alpha value is -1.51. The van der Waals surface area contributed by atoms with Crippen molar-refractivity contribution in [3.8, 4) is 5.75 Å². The number of esters is 1. The Morgan fingerprint density at radius 3 is 1.60 bits per heavy atom. The molecule has 1 aromatic rings. The van der Waals surface area contributed by atoms with Crippen molar-refractivity contribution in [2.24, 2.45) is 0 Å². The molecule has 0 atom stereocenters. The average molecular weight is 497 g/mol. The zero-order valence-corrected chi connectivity index (χ0v) is 22.1. The van der Waals surface area contributed by atoms with Gasteiger partial charge in [0.05, 0.1) is 52.9 Å². The lowest BCUT2D eigenvalue weighted by atomic mass is 10.1. The molecular weight excluding hydrogens is 448 g/mol. The quantitative estimate of drug-likeness (QED) is 0.100. The summed E-state index contributed by atoms with van der Waals surface area (Å²) in [5.74, 6) is 0.136. The number of rotatable bonds is 25. The molecule has 0 aliphatic heterocycles. The zero-order chi connectivity index (χ0) is 25.2. The van der Waals surface area contributed by atoms with Crippen molar-refractivity contribution in [2.75, 3.05) is 66.1 Å². The van der Waals surface area contributed by atoms with Crippen molar-refractivity contribution in [2.45, 2.75) is 71.6 Å². The molecule has 7 heteroatoms. The first kappa shape index (κ1) is 31.5. The highest BCUT2D eigenvalue weighted by molar-refractivity contribution is 5.73. The van der Waals surface area contributed by atoms with Gasteiger partial charge in [-0.2, -0.15) is 0 Å². The lowest BCUT2D eigenvalue weighted by Gasteiger charge is -2.09. The van der Waals surface area contributed by atoms with Crippen molar-refractivity contribution >= 4 is 5.97 Å². The largest absolute Gasteiger partial charge is 0.425 e. The Morgan fingerprint density at radius 2 is 1.06 bits per heavy atom. The van der Waals surface area contributed by atoms with E-state index in [9.17, 15) is 4.79 Å². The second-order valence-electron chi connectivity index (χ2n) is 8.57. The molecule has 0 aliphatic carbocycles. The summed E-state index contributed by atoms with van der Waals surface area (Å²) in [4.78, 5) is 11.8. The highest BCUT2D eigenvalue weighted by Crippen LogP contribution is 2.16. The van der Waals surface area contributed by atoms with Crippen LogP contribution in [-0.2, 0) is 28.5 Å². The van der Waals surface area contributed by atoms with Gasteiger partial charge in [-0.1, -0.05) is 76.5 Å².